The highest BCUT2D eigenvalue weighted by Gasteiger charge is 2.29. The molecule has 0 unspecified atom stereocenters. The number of benzene rings is 2. The van der Waals surface area contributed by atoms with Crippen molar-refractivity contribution in [3.05, 3.63) is 63.1 Å². The van der Waals surface area contributed by atoms with Crippen LogP contribution < -0.4 is 9.62 Å². The third-order valence-electron chi connectivity index (χ3n) is 5.32. The Morgan fingerprint density at radius 2 is 1.56 bits per heavy atom. The average Bonchev–Trinajstić information content (AvgIpc) is 2.75. The first-order valence-corrected chi connectivity index (χ1v) is 14.4. The minimum Gasteiger partial charge on any atom is -0.350 e. The number of rotatable bonds is 10. The fourth-order valence-electron chi connectivity index (χ4n) is 3.52. The van der Waals surface area contributed by atoms with Crippen molar-refractivity contribution in [2.45, 2.75) is 58.7 Å². The molecule has 0 heterocycles. The minimum absolute atomic E-state index is 0.00875. The van der Waals surface area contributed by atoms with Gasteiger partial charge in [-0.15, -0.1) is 0 Å². The number of hydrogen-bond acceptors (Lipinski definition) is 4. The number of sulfonamides is 1. The van der Waals surface area contributed by atoms with Gasteiger partial charge in [-0.25, -0.2) is 8.42 Å². The first-order chi connectivity index (χ1) is 16.6. The third-order valence-corrected chi connectivity index (χ3v) is 7.48. The van der Waals surface area contributed by atoms with Crippen molar-refractivity contribution in [1.82, 2.24) is 10.2 Å². The SMILES string of the molecule is C[C@@H](C(=O)NC(C)(C)C)N(Cc1c(Cl)cccc1Cl)C(=O)CCCN(c1ccc(Cl)cc1)S(C)(=O)=O. The number of amides is 2. The molecule has 36 heavy (non-hydrogen) atoms. The molecule has 198 valence electrons. The quantitative estimate of drug-likeness (QED) is 0.403. The number of anilines is 1. The van der Waals surface area contributed by atoms with Crippen LogP contribution >= 0.6 is 34.8 Å². The molecule has 11 heteroatoms. The highest BCUT2D eigenvalue weighted by molar-refractivity contribution is 7.92. The molecule has 2 amide bonds. The Hall–Kier alpha value is -2.00. The van der Waals surface area contributed by atoms with Crippen LogP contribution in [-0.4, -0.2) is 49.5 Å². The lowest BCUT2D eigenvalue weighted by Gasteiger charge is -2.32. The standard InChI is InChI=1S/C25H32Cl3N3O4S/c1-17(24(33)29-25(2,3)4)30(16-20-21(27)8-6-9-22(20)28)23(32)10-7-15-31(36(5,34)35)19-13-11-18(26)12-14-19/h6,8-9,11-14,17H,7,10,15-16H2,1-5H3,(H,29,33)/t17-/m0/s1. The number of hydrogen-bond donors (Lipinski definition) is 1. The summed E-state index contributed by atoms with van der Waals surface area (Å²) in [6.45, 7) is 7.31. The molecule has 0 saturated carbocycles. The summed E-state index contributed by atoms with van der Waals surface area (Å²) in [4.78, 5) is 27.7. The van der Waals surface area contributed by atoms with Crippen LogP contribution in [0.1, 0.15) is 46.1 Å². The molecule has 7 nitrogen and oxygen atoms in total. The van der Waals surface area contributed by atoms with Gasteiger partial charge in [-0.1, -0.05) is 40.9 Å². The Labute approximate surface area is 228 Å². The summed E-state index contributed by atoms with van der Waals surface area (Å²) >= 11 is 18.6. The van der Waals surface area contributed by atoms with Crippen molar-refractivity contribution in [3.8, 4) is 0 Å². The summed E-state index contributed by atoms with van der Waals surface area (Å²) in [5.74, 6) is -0.648. The van der Waals surface area contributed by atoms with Crippen LogP contribution in [0.4, 0.5) is 5.69 Å². The van der Waals surface area contributed by atoms with E-state index in [0.29, 0.717) is 26.3 Å². The monoisotopic (exact) mass is 575 g/mol. The molecule has 2 rings (SSSR count). The first kappa shape index (κ1) is 30.2. The van der Waals surface area contributed by atoms with E-state index in [1.54, 1.807) is 49.4 Å². The Balaban J connectivity index is 2.24. The Bertz CT molecular complexity index is 1160. The van der Waals surface area contributed by atoms with Crippen LogP contribution in [0.15, 0.2) is 42.5 Å². The van der Waals surface area contributed by atoms with E-state index in [0.717, 1.165) is 6.26 Å². The van der Waals surface area contributed by atoms with E-state index in [1.807, 2.05) is 20.8 Å². The van der Waals surface area contributed by atoms with Crippen LogP contribution in [0.25, 0.3) is 0 Å². The molecule has 0 radical (unpaired) electrons. The van der Waals surface area contributed by atoms with Crippen LogP contribution in [0.2, 0.25) is 15.1 Å². The number of nitrogens with one attached hydrogen (secondary N) is 1. The highest BCUT2D eigenvalue weighted by Crippen LogP contribution is 2.27. The predicted molar refractivity (Wildman–Crippen MR) is 147 cm³/mol. The maximum Gasteiger partial charge on any atom is 0.242 e. The summed E-state index contributed by atoms with van der Waals surface area (Å²) in [5.41, 5.74) is 0.493. The van der Waals surface area contributed by atoms with Crippen molar-refractivity contribution in [1.29, 1.82) is 0 Å². The third kappa shape index (κ3) is 8.83. The van der Waals surface area contributed by atoms with E-state index < -0.39 is 21.6 Å². The van der Waals surface area contributed by atoms with Crippen molar-refractivity contribution < 1.29 is 18.0 Å². The molecular formula is C25H32Cl3N3O4S. The molecule has 0 spiro atoms. The first-order valence-electron chi connectivity index (χ1n) is 11.4. The van der Waals surface area contributed by atoms with E-state index >= 15 is 0 Å². The van der Waals surface area contributed by atoms with Gasteiger partial charge >= 0.3 is 0 Å². The lowest BCUT2D eigenvalue weighted by atomic mass is 10.1. The van der Waals surface area contributed by atoms with E-state index in [4.69, 9.17) is 34.8 Å². The van der Waals surface area contributed by atoms with Crippen molar-refractivity contribution in [2.75, 3.05) is 17.1 Å². The van der Waals surface area contributed by atoms with Crippen LogP contribution in [0.5, 0.6) is 0 Å². The van der Waals surface area contributed by atoms with E-state index in [9.17, 15) is 18.0 Å². The molecular weight excluding hydrogens is 545 g/mol. The van der Waals surface area contributed by atoms with Gasteiger partial charge in [-0.05, 0) is 70.5 Å². The number of carbonyl (C=O) groups excluding carboxylic acids is 2. The molecule has 0 bridgehead atoms. The summed E-state index contributed by atoms with van der Waals surface area (Å²) in [6.07, 6.45) is 1.34. The number of halogens is 3. The number of nitrogens with zero attached hydrogens (tertiary/aromatic N) is 2. The smallest absolute Gasteiger partial charge is 0.242 e. The van der Waals surface area contributed by atoms with Gasteiger partial charge in [-0.2, -0.15) is 0 Å². The molecule has 2 aromatic rings. The largest absolute Gasteiger partial charge is 0.350 e. The second-order valence-electron chi connectivity index (χ2n) is 9.55. The summed E-state index contributed by atoms with van der Waals surface area (Å²) in [6, 6.07) is 10.6. The van der Waals surface area contributed by atoms with Gasteiger partial charge in [0.05, 0.1) is 11.9 Å². The Morgan fingerprint density at radius 1 is 1.00 bits per heavy atom. The molecule has 0 aromatic heterocycles. The van der Waals surface area contributed by atoms with Crippen LogP contribution in [0, 0.1) is 0 Å². The Morgan fingerprint density at radius 3 is 2.06 bits per heavy atom. The normalized spacial score (nSPS) is 12.7. The van der Waals surface area contributed by atoms with Gasteiger partial charge in [0.1, 0.15) is 6.04 Å². The molecule has 0 aliphatic heterocycles. The summed E-state index contributed by atoms with van der Waals surface area (Å²) in [7, 11) is -3.59. The fourth-order valence-corrected chi connectivity index (χ4v) is 5.13. The zero-order valence-electron chi connectivity index (χ0n) is 21.0. The second-order valence-corrected chi connectivity index (χ2v) is 12.7. The highest BCUT2D eigenvalue weighted by atomic mass is 35.5. The molecule has 2 aromatic carbocycles. The van der Waals surface area contributed by atoms with Gasteiger partial charge in [0.15, 0.2) is 0 Å². The average molecular weight is 577 g/mol. The molecule has 0 fully saturated rings. The van der Waals surface area contributed by atoms with Crippen LogP contribution in [0.3, 0.4) is 0 Å². The van der Waals surface area contributed by atoms with Gasteiger partial charge in [0.2, 0.25) is 21.8 Å². The van der Waals surface area contributed by atoms with Gasteiger partial charge < -0.3 is 10.2 Å². The summed E-state index contributed by atoms with van der Waals surface area (Å²) < 4.78 is 26.0. The molecule has 0 aliphatic carbocycles. The van der Waals surface area contributed by atoms with E-state index in [2.05, 4.69) is 5.32 Å². The number of carbonyl (C=O) groups is 2. The van der Waals surface area contributed by atoms with Gasteiger partial charge in [0, 0.05) is 45.7 Å². The van der Waals surface area contributed by atoms with Crippen molar-refractivity contribution in [2.24, 2.45) is 0 Å². The summed E-state index contributed by atoms with van der Waals surface area (Å²) in [5, 5.41) is 4.15. The maximum absolute atomic E-state index is 13.4. The second kappa shape index (κ2) is 12.5. The Kier molecular flexibility index (Phi) is 10.5. The molecule has 1 N–H and O–H groups in total. The zero-order valence-corrected chi connectivity index (χ0v) is 24.1. The predicted octanol–water partition coefficient (Wildman–Crippen LogP) is 5.53. The lowest BCUT2D eigenvalue weighted by Crippen LogP contribution is -2.52. The van der Waals surface area contributed by atoms with Crippen molar-refractivity contribution in [3.63, 3.8) is 0 Å². The molecule has 1 atom stereocenters. The fraction of sp³-hybridized carbons (Fsp3) is 0.440. The zero-order chi connectivity index (χ0) is 27.3. The van der Waals surface area contributed by atoms with Gasteiger partial charge in [-0.3, -0.25) is 13.9 Å². The van der Waals surface area contributed by atoms with Crippen molar-refractivity contribution >= 4 is 62.3 Å². The maximum atomic E-state index is 13.4. The lowest BCUT2D eigenvalue weighted by molar-refractivity contribution is -0.141. The topological polar surface area (TPSA) is 86.8 Å². The van der Waals surface area contributed by atoms with Gasteiger partial charge in [0.25, 0.3) is 0 Å². The minimum atomic E-state index is -3.59. The van der Waals surface area contributed by atoms with E-state index in [-0.39, 0.29) is 37.7 Å². The van der Waals surface area contributed by atoms with E-state index in [1.165, 1.54) is 9.21 Å². The van der Waals surface area contributed by atoms with Crippen LogP contribution in [-0.2, 0) is 26.2 Å². The molecule has 0 aliphatic rings. The molecule has 0 saturated heterocycles.